The van der Waals surface area contributed by atoms with E-state index in [-0.39, 0.29) is 0 Å². The molecule has 0 radical (unpaired) electrons. The van der Waals surface area contributed by atoms with Gasteiger partial charge >= 0.3 is 0 Å². The van der Waals surface area contributed by atoms with Crippen LogP contribution in [0.1, 0.15) is 32.1 Å². The average Bonchev–Trinajstić information content (AvgIpc) is 2.38. The minimum absolute atomic E-state index is 0.424. The Morgan fingerprint density at radius 3 is 2.82 bits per heavy atom. The topological polar surface area (TPSA) is 57.4 Å². The summed E-state index contributed by atoms with van der Waals surface area (Å²) in [6.45, 7) is 1.12. The van der Waals surface area contributed by atoms with Crippen molar-refractivity contribution >= 4 is 5.69 Å². The largest absolute Gasteiger partial charge is 0.474 e. The molecule has 0 atom stereocenters. The van der Waals surface area contributed by atoms with Crippen molar-refractivity contribution < 1.29 is 9.47 Å². The molecule has 4 heteroatoms. The molecule has 1 aromatic rings. The zero-order valence-corrected chi connectivity index (χ0v) is 10.1. The van der Waals surface area contributed by atoms with E-state index in [0.717, 1.165) is 0 Å². The summed E-state index contributed by atoms with van der Waals surface area (Å²) in [6.07, 6.45) is 8.40. The van der Waals surface area contributed by atoms with Gasteiger partial charge in [0.2, 0.25) is 5.88 Å². The van der Waals surface area contributed by atoms with Gasteiger partial charge in [0.1, 0.15) is 6.61 Å². The highest BCUT2D eigenvalue weighted by Crippen LogP contribution is 2.20. The Balaban J connectivity index is 1.64. The predicted molar refractivity (Wildman–Crippen MR) is 67.0 cm³/mol. The number of hydrogen-bond donors (Lipinski definition) is 1. The number of hydrogen-bond acceptors (Lipinski definition) is 4. The summed E-state index contributed by atoms with van der Waals surface area (Å²) < 4.78 is 11.2. The molecule has 0 spiro atoms. The lowest BCUT2D eigenvalue weighted by Crippen LogP contribution is -2.20. The molecule has 1 heterocycles. The third-order valence-corrected chi connectivity index (χ3v) is 3.03. The van der Waals surface area contributed by atoms with E-state index in [0.29, 0.717) is 30.9 Å². The summed E-state index contributed by atoms with van der Waals surface area (Å²) in [5, 5.41) is 0. The lowest BCUT2D eigenvalue weighted by atomic mass is 9.98. The summed E-state index contributed by atoms with van der Waals surface area (Å²) in [5.74, 6) is 0.500. The highest BCUT2D eigenvalue weighted by molar-refractivity contribution is 5.46. The van der Waals surface area contributed by atoms with Crippen molar-refractivity contribution in [2.75, 3.05) is 18.9 Å². The summed E-state index contributed by atoms with van der Waals surface area (Å²) in [7, 11) is 0. The Morgan fingerprint density at radius 2 is 2.06 bits per heavy atom. The van der Waals surface area contributed by atoms with E-state index < -0.39 is 0 Å². The summed E-state index contributed by atoms with van der Waals surface area (Å²) in [5.41, 5.74) is 6.29. The fourth-order valence-corrected chi connectivity index (χ4v) is 2.11. The van der Waals surface area contributed by atoms with Crippen LogP contribution in [0.3, 0.4) is 0 Å². The standard InChI is InChI=1S/C13H20N2O2/c14-12-7-4-8-15-13(12)17-10-9-16-11-5-2-1-3-6-11/h4,7-8,11H,1-3,5-6,9-10,14H2. The molecule has 94 valence electrons. The number of rotatable bonds is 5. The molecule has 1 fully saturated rings. The van der Waals surface area contributed by atoms with Crippen molar-refractivity contribution in [2.24, 2.45) is 0 Å². The maximum Gasteiger partial charge on any atom is 0.237 e. The monoisotopic (exact) mass is 236 g/mol. The van der Waals surface area contributed by atoms with E-state index in [1.54, 1.807) is 18.3 Å². The first-order valence-corrected chi connectivity index (χ1v) is 6.31. The van der Waals surface area contributed by atoms with Gasteiger partial charge in [-0.2, -0.15) is 0 Å². The fourth-order valence-electron chi connectivity index (χ4n) is 2.11. The second-order valence-electron chi connectivity index (χ2n) is 4.38. The molecule has 0 amide bonds. The molecule has 0 saturated heterocycles. The average molecular weight is 236 g/mol. The van der Waals surface area contributed by atoms with Crippen molar-refractivity contribution in [1.29, 1.82) is 0 Å². The van der Waals surface area contributed by atoms with E-state index >= 15 is 0 Å². The fraction of sp³-hybridized carbons (Fsp3) is 0.615. The molecule has 17 heavy (non-hydrogen) atoms. The number of nitrogens with zero attached hydrogens (tertiary/aromatic N) is 1. The van der Waals surface area contributed by atoms with Gasteiger partial charge in [0.15, 0.2) is 0 Å². The normalized spacial score (nSPS) is 16.9. The lowest BCUT2D eigenvalue weighted by molar-refractivity contribution is 0.0124. The van der Waals surface area contributed by atoms with Gasteiger partial charge < -0.3 is 15.2 Å². The molecule has 2 rings (SSSR count). The molecular weight excluding hydrogens is 216 g/mol. The highest BCUT2D eigenvalue weighted by atomic mass is 16.5. The van der Waals surface area contributed by atoms with E-state index in [1.807, 2.05) is 0 Å². The zero-order valence-electron chi connectivity index (χ0n) is 10.1. The van der Waals surface area contributed by atoms with E-state index in [2.05, 4.69) is 4.98 Å². The molecule has 1 aliphatic rings. The molecule has 1 aromatic heterocycles. The third kappa shape index (κ3) is 3.89. The van der Waals surface area contributed by atoms with Gasteiger partial charge in [-0.3, -0.25) is 0 Å². The van der Waals surface area contributed by atoms with Crippen LogP contribution in [0, 0.1) is 0 Å². The van der Waals surface area contributed by atoms with Crippen molar-refractivity contribution in [3.05, 3.63) is 18.3 Å². The SMILES string of the molecule is Nc1cccnc1OCCOC1CCCCC1. The van der Waals surface area contributed by atoms with Crippen LogP contribution in [-0.4, -0.2) is 24.3 Å². The highest BCUT2D eigenvalue weighted by Gasteiger charge is 2.13. The van der Waals surface area contributed by atoms with Crippen LogP contribution >= 0.6 is 0 Å². The Morgan fingerprint density at radius 1 is 1.24 bits per heavy atom. The first kappa shape index (κ1) is 12.2. The number of anilines is 1. The minimum atomic E-state index is 0.424. The van der Waals surface area contributed by atoms with Crippen LogP contribution in [0.2, 0.25) is 0 Å². The van der Waals surface area contributed by atoms with Crippen molar-refractivity contribution in [1.82, 2.24) is 4.98 Å². The predicted octanol–water partition coefficient (Wildman–Crippen LogP) is 2.39. The summed E-state index contributed by atoms with van der Waals surface area (Å²) in [6, 6.07) is 3.57. The van der Waals surface area contributed by atoms with Crippen LogP contribution in [0.15, 0.2) is 18.3 Å². The molecule has 0 aromatic carbocycles. The minimum Gasteiger partial charge on any atom is -0.474 e. The number of nitrogens with two attached hydrogens (primary N) is 1. The van der Waals surface area contributed by atoms with Gasteiger partial charge in [-0.25, -0.2) is 4.98 Å². The van der Waals surface area contributed by atoms with Crippen LogP contribution < -0.4 is 10.5 Å². The molecule has 0 bridgehead atoms. The maximum atomic E-state index is 5.75. The van der Waals surface area contributed by atoms with Gasteiger partial charge in [-0.1, -0.05) is 19.3 Å². The number of pyridine rings is 1. The molecule has 1 aliphatic carbocycles. The van der Waals surface area contributed by atoms with E-state index in [1.165, 1.54) is 32.1 Å². The maximum absolute atomic E-state index is 5.75. The summed E-state index contributed by atoms with van der Waals surface area (Å²) >= 11 is 0. The molecule has 0 aliphatic heterocycles. The number of ether oxygens (including phenoxy) is 2. The van der Waals surface area contributed by atoms with Gasteiger partial charge in [0.05, 0.1) is 18.4 Å². The number of nitrogen functional groups attached to an aromatic ring is 1. The van der Waals surface area contributed by atoms with Crippen molar-refractivity contribution in [3.8, 4) is 5.88 Å². The van der Waals surface area contributed by atoms with Crippen LogP contribution in [0.5, 0.6) is 5.88 Å². The van der Waals surface area contributed by atoms with Crippen LogP contribution in [-0.2, 0) is 4.74 Å². The summed E-state index contributed by atoms with van der Waals surface area (Å²) in [4.78, 5) is 4.06. The van der Waals surface area contributed by atoms with E-state index in [4.69, 9.17) is 15.2 Å². The third-order valence-electron chi connectivity index (χ3n) is 3.03. The Kier molecular flexibility index (Phi) is 4.62. The molecule has 0 unspecified atom stereocenters. The van der Waals surface area contributed by atoms with Gasteiger partial charge in [0, 0.05) is 6.20 Å². The second-order valence-corrected chi connectivity index (χ2v) is 4.38. The first-order chi connectivity index (χ1) is 8.36. The van der Waals surface area contributed by atoms with Crippen LogP contribution in [0.25, 0.3) is 0 Å². The van der Waals surface area contributed by atoms with Crippen molar-refractivity contribution in [2.45, 2.75) is 38.2 Å². The molecule has 2 N–H and O–H groups in total. The van der Waals surface area contributed by atoms with Gasteiger partial charge in [-0.15, -0.1) is 0 Å². The lowest BCUT2D eigenvalue weighted by Gasteiger charge is -2.21. The second kappa shape index (κ2) is 6.45. The zero-order chi connectivity index (χ0) is 11.9. The Labute approximate surface area is 102 Å². The molecule has 1 saturated carbocycles. The quantitative estimate of drug-likeness (QED) is 0.797. The molecule has 4 nitrogen and oxygen atoms in total. The van der Waals surface area contributed by atoms with Gasteiger partial charge in [-0.05, 0) is 25.0 Å². The first-order valence-electron chi connectivity index (χ1n) is 6.31. The molecular formula is C13H20N2O2. The smallest absolute Gasteiger partial charge is 0.237 e. The van der Waals surface area contributed by atoms with Gasteiger partial charge in [0.25, 0.3) is 0 Å². The number of aromatic nitrogens is 1. The Bertz CT molecular complexity index is 338. The van der Waals surface area contributed by atoms with Crippen LogP contribution in [0.4, 0.5) is 5.69 Å². The Hall–Kier alpha value is -1.29. The van der Waals surface area contributed by atoms with Crippen molar-refractivity contribution in [3.63, 3.8) is 0 Å². The van der Waals surface area contributed by atoms with E-state index in [9.17, 15) is 0 Å².